The molecular weight excluding hydrogens is 454 g/mol. The van der Waals surface area contributed by atoms with Gasteiger partial charge in [-0.1, -0.05) is 43.0 Å². The smallest absolute Gasteiger partial charge is 0.337 e. The van der Waals surface area contributed by atoms with E-state index in [-0.39, 0.29) is 12.1 Å². The Balaban J connectivity index is 2.08. The minimum Gasteiger partial charge on any atom is -0.479 e. The Bertz CT molecular complexity index is 1040. The number of hydrogen-bond acceptors (Lipinski definition) is 4. The number of benzene rings is 1. The molecule has 0 saturated heterocycles. The summed E-state index contributed by atoms with van der Waals surface area (Å²) in [7, 11) is 0. The molecule has 2 aromatic rings. The Morgan fingerprint density at radius 1 is 1.12 bits per heavy atom. The van der Waals surface area contributed by atoms with Crippen molar-refractivity contribution in [3.8, 4) is 11.1 Å². The van der Waals surface area contributed by atoms with Crippen molar-refractivity contribution in [2.45, 2.75) is 84.5 Å². The SMILES string of the molecule is Cc1nc(NC(=O)NC2CCCCC2)c(C)c(C(OC(C)(C)C)C(=O)O)c1-c1ccc(Cl)cc1. The number of amides is 2. The summed E-state index contributed by atoms with van der Waals surface area (Å²) in [6, 6.07) is 6.95. The van der Waals surface area contributed by atoms with E-state index in [1.165, 1.54) is 6.42 Å². The minimum atomic E-state index is -1.26. The number of hydrogen-bond donors (Lipinski definition) is 3. The Kier molecular flexibility index (Phi) is 8.21. The molecule has 3 rings (SSSR count). The summed E-state index contributed by atoms with van der Waals surface area (Å²) >= 11 is 6.08. The number of halogens is 1. The van der Waals surface area contributed by atoms with Crippen LogP contribution < -0.4 is 10.6 Å². The number of carbonyl (C=O) groups excluding carboxylic acids is 1. The normalized spacial score (nSPS) is 15.6. The Labute approximate surface area is 206 Å². The van der Waals surface area contributed by atoms with E-state index < -0.39 is 17.7 Å². The van der Waals surface area contributed by atoms with Crippen LogP contribution in [0.2, 0.25) is 5.02 Å². The number of carboxylic acids is 1. The minimum absolute atomic E-state index is 0.138. The Morgan fingerprint density at radius 3 is 2.29 bits per heavy atom. The van der Waals surface area contributed by atoms with E-state index >= 15 is 0 Å². The molecule has 34 heavy (non-hydrogen) atoms. The second-order valence-corrected chi connectivity index (χ2v) is 10.3. The molecule has 1 aliphatic rings. The number of nitrogens with zero attached hydrogens (tertiary/aromatic N) is 1. The van der Waals surface area contributed by atoms with Crippen LogP contribution in [0.15, 0.2) is 24.3 Å². The molecule has 1 heterocycles. The van der Waals surface area contributed by atoms with Crippen molar-refractivity contribution in [3.05, 3.63) is 46.1 Å². The van der Waals surface area contributed by atoms with Crippen molar-refractivity contribution in [3.63, 3.8) is 0 Å². The molecule has 1 aromatic carbocycles. The lowest BCUT2D eigenvalue weighted by atomic mass is 9.91. The molecule has 0 bridgehead atoms. The van der Waals surface area contributed by atoms with Gasteiger partial charge in [0.05, 0.1) is 5.60 Å². The Morgan fingerprint density at radius 2 is 1.74 bits per heavy atom. The van der Waals surface area contributed by atoms with Crippen molar-refractivity contribution >= 4 is 29.4 Å². The van der Waals surface area contributed by atoms with Gasteiger partial charge in [0, 0.05) is 27.9 Å². The maximum atomic E-state index is 12.8. The number of rotatable bonds is 6. The highest BCUT2D eigenvalue weighted by atomic mass is 35.5. The molecule has 1 unspecified atom stereocenters. The zero-order valence-corrected chi connectivity index (χ0v) is 21.3. The third-order valence-electron chi connectivity index (χ3n) is 5.93. The molecule has 1 aromatic heterocycles. The number of carbonyl (C=O) groups is 2. The highest BCUT2D eigenvalue weighted by Gasteiger charge is 2.33. The van der Waals surface area contributed by atoms with Crippen LogP contribution in [0.25, 0.3) is 11.1 Å². The number of urea groups is 1. The molecule has 184 valence electrons. The Hall–Kier alpha value is -2.64. The third-order valence-corrected chi connectivity index (χ3v) is 6.18. The van der Waals surface area contributed by atoms with Crippen LogP contribution in [-0.4, -0.2) is 33.7 Å². The second-order valence-electron chi connectivity index (χ2n) is 9.85. The molecule has 0 radical (unpaired) electrons. The largest absolute Gasteiger partial charge is 0.479 e. The second kappa shape index (κ2) is 10.7. The van der Waals surface area contributed by atoms with E-state index in [1.807, 2.05) is 32.9 Å². The lowest BCUT2D eigenvalue weighted by molar-refractivity contribution is -0.160. The van der Waals surface area contributed by atoms with E-state index in [0.717, 1.165) is 31.2 Å². The highest BCUT2D eigenvalue weighted by Crippen LogP contribution is 2.39. The van der Waals surface area contributed by atoms with Gasteiger partial charge in [0.2, 0.25) is 0 Å². The van der Waals surface area contributed by atoms with E-state index in [1.54, 1.807) is 26.0 Å². The zero-order valence-electron chi connectivity index (χ0n) is 20.5. The lowest BCUT2D eigenvalue weighted by Crippen LogP contribution is -2.39. The lowest BCUT2D eigenvalue weighted by Gasteiger charge is -2.29. The number of aliphatic carboxylic acids is 1. The molecule has 1 saturated carbocycles. The summed E-state index contributed by atoms with van der Waals surface area (Å²) in [6.45, 7) is 8.99. The molecule has 1 fully saturated rings. The van der Waals surface area contributed by atoms with Gasteiger partial charge in [0.1, 0.15) is 5.82 Å². The zero-order chi connectivity index (χ0) is 25.0. The molecule has 7 nitrogen and oxygen atoms in total. The van der Waals surface area contributed by atoms with Crippen LogP contribution in [0.1, 0.15) is 75.8 Å². The number of aromatic nitrogens is 1. The van der Waals surface area contributed by atoms with E-state index in [4.69, 9.17) is 16.3 Å². The summed E-state index contributed by atoms with van der Waals surface area (Å²) in [4.78, 5) is 29.8. The molecular formula is C26H34ClN3O4. The fraction of sp³-hybridized carbons (Fsp3) is 0.500. The summed E-state index contributed by atoms with van der Waals surface area (Å²) < 4.78 is 6.01. The van der Waals surface area contributed by atoms with Gasteiger partial charge in [-0.25, -0.2) is 14.6 Å². The topological polar surface area (TPSA) is 101 Å². The van der Waals surface area contributed by atoms with Gasteiger partial charge in [0.25, 0.3) is 0 Å². The number of ether oxygens (including phenoxy) is 1. The van der Waals surface area contributed by atoms with Crippen LogP contribution in [0, 0.1) is 13.8 Å². The summed E-state index contributed by atoms with van der Waals surface area (Å²) in [6.07, 6.45) is 4.06. The average molecular weight is 488 g/mol. The van der Waals surface area contributed by atoms with Gasteiger partial charge in [-0.3, -0.25) is 5.32 Å². The summed E-state index contributed by atoms with van der Waals surface area (Å²) in [5.41, 5.74) is 2.31. The number of anilines is 1. The summed E-state index contributed by atoms with van der Waals surface area (Å²) in [5, 5.41) is 16.6. The quantitative estimate of drug-likeness (QED) is 0.436. The molecule has 1 atom stereocenters. The van der Waals surface area contributed by atoms with Gasteiger partial charge in [-0.15, -0.1) is 0 Å². The van der Waals surface area contributed by atoms with Gasteiger partial charge in [-0.2, -0.15) is 0 Å². The number of carboxylic acid groups (broad SMARTS) is 1. The van der Waals surface area contributed by atoms with Crippen LogP contribution >= 0.6 is 11.6 Å². The predicted octanol–water partition coefficient (Wildman–Crippen LogP) is 6.41. The van der Waals surface area contributed by atoms with Crippen LogP contribution in [-0.2, 0) is 9.53 Å². The molecule has 8 heteroatoms. The van der Waals surface area contributed by atoms with Crippen molar-refractivity contribution < 1.29 is 19.4 Å². The average Bonchev–Trinajstić information content (AvgIpc) is 2.75. The highest BCUT2D eigenvalue weighted by molar-refractivity contribution is 6.30. The monoisotopic (exact) mass is 487 g/mol. The first kappa shape index (κ1) is 26.0. The van der Waals surface area contributed by atoms with Gasteiger partial charge in [0.15, 0.2) is 6.10 Å². The van der Waals surface area contributed by atoms with Crippen LogP contribution in [0.5, 0.6) is 0 Å². The maximum Gasteiger partial charge on any atom is 0.337 e. The molecule has 0 spiro atoms. The molecule has 3 N–H and O–H groups in total. The molecule has 0 aliphatic heterocycles. The van der Waals surface area contributed by atoms with Gasteiger partial charge in [-0.05, 0) is 70.7 Å². The number of aryl methyl sites for hydroxylation is 1. The van der Waals surface area contributed by atoms with Crippen LogP contribution in [0.3, 0.4) is 0 Å². The number of nitrogens with one attached hydrogen (secondary N) is 2. The first-order valence-electron chi connectivity index (χ1n) is 11.7. The van der Waals surface area contributed by atoms with Crippen LogP contribution in [0.4, 0.5) is 10.6 Å². The van der Waals surface area contributed by atoms with Crippen molar-refractivity contribution in [1.82, 2.24) is 10.3 Å². The van der Waals surface area contributed by atoms with E-state index in [9.17, 15) is 14.7 Å². The standard InChI is InChI=1S/C26H34ClN3O4/c1-15-20(22(24(31)32)34-26(3,4)5)21(17-11-13-18(27)14-12-17)16(2)28-23(15)30-25(33)29-19-9-7-6-8-10-19/h11-14,19,22H,6-10H2,1-5H3,(H,31,32)(H2,28,29,30,33). The predicted molar refractivity (Wildman–Crippen MR) is 134 cm³/mol. The van der Waals surface area contributed by atoms with Crippen molar-refractivity contribution in [2.24, 2.45) is 0 Å². The third kappa shape index (κ3) is 6.48. The fourth-order valence-corrected chi connectivity index (χ4v) is 4.54. The maximum absolute atomic E-state index is 12.8. The van der Waals surface area contributed by atoms with Crippen molar-refractivity contribution in [2.75, 3.05) is 5.32 Å². The van der Waals surface area contributed by atoms with Crippen molar-refractivity contribution in [1.29, 1.82) is 0 Å². The first-order chi connectivity index (χ1) is 16.0. The first-order valence-corrected chi connectivity index (χ1v) is 12.1. The fourth-order valence-electron chi connectivity index (χ4n) is 4.41. The van der Waals surface area contributed by atoms with Gasteiger partial charge >= 0.3 is 12.0 Å². The molecule has 2 amide bonds. The van der Waals surface area contributed by atoms with E-state index in [0.29, 0.717) is 33.2 Å². The van der Waals surface area contributed by atoms with E-state index in [2.05, 4.69) is 15.6 Å². The summed E-state index contributed by atoms with van der Waals surface area (Å²) in [5.74, 6) is -0.793. The number of pyridine rings is 1. The molecule has 1 aliphatic carbocycles. The van der Waals surface area contributed by atoms with Gasteiger partial charge < -0.3 is 15.2 Å².